The number of hydrogen-bond donors (Lipinski definition) is 12. The number of halogens is 6. The predicted molar refractivity (Wildman–Crippen MR) is 368 cm³/mol. The van der Waals surface area contributed by atoms with Crippen LogP contribution in [-0.2, 0) is 13.1 Å². The molecule has 0 amide bonds. The summed E-state index contributed by atoms with van der Waals surface area (Å²) in [5.41, 5.74) is 22.8. The summed E-state index contributed by atoms with van der Waals surface area (Å²) < 4.78 is 0. The maximum Gasteiger partial charge on any atom is 0.153 e. The molecule has 21 heteroatoms. The summed E-state index contributed by atoms with van der Waals surface area (Å²) in [5.74, 6) is 1.39. The van der Waals surface area contributed by atoms with Gasteiger partial charge >= 0.3 is 101 Å². The summed E-state index contributed by atoms with van der Waals surface area (Å²) in [6, 6.07) is 42.1. The minimum atomic E-state index is 0.0347. The maximum absolute atomic E-state index is 10.1. The molecule has 6 rings (SSSR count). The number of nitrogens with zero attached hydrogens (tertiary/aromatic N) is 2. The van der Waals surface area contributed by atoms with Crippen molar-refractivity contribution in [1.82, 2.24) is 10.6 Å². The molecule has 0 bridgehead atoms. The van der Waals surface area contributed by atoms with Crippen molar-refractivity contribution in [2.24, 2.45) is 32.9 Å². The molecular weight excluding hydrogens is 1680 g/mol. The number of aromatic hydroxyl groups is 6. The van der Waals surface area contributed by atoms with E-state index in [-0.39, 0.29) is 37.3 Å². The molecule has 0 spiro atoms. The molecule has 0 fully saturated rings. The van der Waals surface area contributed by atoms with Crippen molar-refractivity contribution in [3.63, 3.8) is 0 Å². The zero-order valence-electron chi connectivity index (χ0n) is 48.4. The largest absolute Gasteiger partial charge is 0.508 e. The Morgan fingerprint density at radius 2 is 0.658 bits per heavy atom. The smallest absolute Gasteiger partial charge is 0.153 e. The van der Waals surface area contributed by atoms with Crippen LogP contribution in [-0.4, -0.2) is 76.0 Å². The maximum atomic E-state index is 10.1. The van der Waals surface area contributed by atoms with Gasteiger partial charge in [0.05, 0.1) is 5.56 Å². The first-order chi connectivity index (χ1) is 38.3. The molecule has 0 saturated heterocycles. The third-order valence-electron chi connectivity index (χ3n) is 7.54. The standard InChI is InChI=1S/C15H18N2O2.C15H14N2O2.C7H6O2.C7H8O.6C2H6.2CH6N2.2I3/c2*18-14-7-3-1-5-12(14)9-16-11-17-10-13-6-2-4-8-15(13)19;8-5-6-3-1-2-4-7(6)9;1-6-4-2-3-5-7(6)8;6*1-2;2*2-1-3;2*1-3-2/h1-8,16-19H,9-11H2;1-10,18-19H,11H2;1-5,9H;2-5,8H,1H3;6*1-2H3;2*1-3H2;;/q;;;;;;;;;;;;2*-1. The fourth-order valence-corrected chi connectivity index (χ4v) is 4.47. The molecule has 16 N–H and O–H groups in total. The van der Waals surface area contributed by atoms with Gasteiger partial charge in [-0.3, -0.25) is 14.8 Å². The van der Waals surface area contributed by atoms with E-state index in [9.17, 15) is 25.2 Å². The first kappa shape index (κ1) is 92.7. The Hall–Kier alpha value is -2.73. The number of phenols is 6. The number of benzene rings is 6. The van der Waals surface area contributed by atoms with Crippen LogP contribution in [0.5, 0.6) is 34.5 Å². The molecule has 452 valence electrons. The first-order valence-electron chi connectivity index (χ1n) is 25.4. The second-order valence-electron chi connectivity index (χ2n) is 12.2. The third-order valence-corrected chi connectivity index (χ3v) is 7.54. The van der Waals surface area contributed by atoms with Crippen molar-refractivity contribution in [3.8, 4) is 34.5 Å². The number of nitrogens with one attached hydrogen (secondary N) is 2. The van der Waals surface area contributed by atoms with Crippen molar-refractivity contribution >= 4 is 93.2 Å². The Morgan fingerprint density at radius 1 is 0.418 bits per heavy atom. The molecule has 0 heterocycles. The summed E-state index contributed by atoms with van der Waals surface area (Å²) in [5, 5.41) is 62.4. The number of para-hydroxylation sites is 6. The molecule has 15 nitrogen and oxygen atoms in total. The number of aryl methyl sites for hydroxylation is 1. The number of rotatable bonds is 11. The van der Waals surface area contributed by atoms with Crippen LogP contribution in [0.25, 0.3) is 0 Å². The van der Waals surface area contributed by atoms with Gasteiger partial charge in [-0.05, 0) is 67.1 Å². The number of nitrogens with two attached hydrogens (primary N) is 4. The van der Waals surface area contributed by atoms with Crippen LogP contribution in [0.3, 0.4) is 0 Å². The van der Waals surface area contributed by atoms with Crippen molar-refractivity contribution in [2.45, 2.75) is 103 Å². The number of phenolic OH excluding ortho intramolecular Hbond substituents is 6. The van der Waals surface area contributed by atoms with Gasteiger partial charge in [0, 0.05) is 67.8 Å². The molecule has 79 heavy (non-hydrogen) atoms. The average molecular weight is 1780 g/mol. The number of aliphatic imine (C=N–C) groups is 2. The van der Waals surface area contributed by atoms with E-state index in [0.29, 0.717) is 86.5 Å². The Balaban J connectivity index is -0.000000129. The van der Waals surface area contributed by atoms with Gasteiger partial charge in [0.1, 0.15) is 41.2 Å². The summed E-state index contributed by atoms with van der Waals surface area (Å²) in [6.07, 6.45) is 3.75. The molecule has 0 saturated carbocycles. The van der Waals surface area contributed by atoms with Crippen LogP contribution in [0, 0.1) is 6.92 Å². The molecule has 6 aromatic carbocycles. The number of carbonyl (C=O) groups is 1. The van der Waals surface area contributed by atoms with Gasteiger partial charge in [0.25, 0.3) is 0 Å². The summed E-state index contributed by atoms with van der Waals surface area (Å²) in [4.78, 5) is 18.2. The summed E-state index contributed by atoms with van der Waals surface area (Å²) >= 11 is 10.6. The van der Waals surface area contributed by atoms with E-state index in [0.717, 1.165) is 16.7 Å². The van der Waals surface area contributed by atoms with Crippen LogP contribution >= 0.6 is 74.5 Å². The van der Waals surface area contributed by atoms with E-state index in [4.69, 9.17) is 10.2 Å². The minimum absolute atomic E-state index is 0.0347. The molecular formula is C58H94I6N8O7-2. The Labute approximate surface area is 535 Å². The van der Waals surface area contributed by atoms with E-state index < -0.39 is 0 Å². The topological polar surface area (TPSA) is 291 Å². The Morgan fingerprint density at radius 3 is 0.886 bits per heavy atom. The van der Waals surface area contributed by atoms with Crippen LogP contribution < -0.4 is 60.1 Å². The van der Waals surface area contributed by atoms with Crippen molar-refractivity contribution in [1.29, 1.82) is 0 Å². The van der Waals surface area contributed by atoms with E-state index in [1.165, 1.54) is 6.07 Å². The van der Waals surface area contributed by atoms with Gasteiger partial charge in [0.2, 0.25) is 0 Å². The van der Waals surface area contributed by atoms with Gasteiger partial charge < -0.3 is 64.2 Å². The number of aldehydes is 1. The van der Waals surface area contributed by atoms with E-state index in [2.05, 4.69) is 118 Å². The average Bonchev–Trinajstić information content (AvgIpc) is 3.48. The van der Waals surface area contributed by atoms with Gasteiger partial charge in [-0.2, -0.15) is 0 Å². The van der Waals surface area contributed by atoms with Gasteiger partial charge in [-0.15, -0.1) is 0 Å². The minimum Gasteiger partial charge on any atom is -0.508 e. The summed E-state index contributed by atoms with van der Waals surface area (Å²) in [6.45, 7) is 28.4. The van der Waals surface area contributed by atoms with Crippen molar-refractivity contribution in [3.05, 3.63) is 179 Å². The number of hydrogen-bond acceptors (Lipinski definition) is 15. The van der Waals surface area contributed by atoms with E-state index in [1.54, 1.807) is 97.4 Å². The van der Waals surface area contributed by atoms with Crippen LogP contribution in [0.2, 0.25) is 0 Å². The molecule has 6 aromatic rings. The predicted octanol–water partition coefficient (Wildman–Crippen LogP) is 8.86. The second kappa shape index (κ2) is 79.5. The molecule has 0 unspecified atom stereocenters. The molecule has 0 aromatic heterocycles. The first-order valence-corrected chi connectivity index (χ1v) is 50.5. The molecule has 0 aliphatic rings. The Kier molecular flexibility index (Phi) is 93.3. The number of carbonyl (C=O) groups excluding carboxylic acids is 1. The zero-order valence-corrected chi connectivity index (χ0v) is 61.3. The Bertz CT molecular complexity index is 2090. The quantitative estimate of drug-likeness (QED) is 0.0190. The van der Waals surface area contributed by atoms with Gasteiger partial charge in [0.15, 0.2) is 6.29 Å². The fraction of sp³-hybridized carbons (Fsp3) is 0.328. The fourth-order valence-electron chi connectivity index (χ4n) is 4.47. The molecule has 0 atom stereocenters. The monoisotopic (exact) mass is 1780 g/mol. The van der Waals surface area contributed by atoms with Crippen LogP contribution in [0.4, 0.5) is 0 Å². The van der Waals surface area contributed by atoms with Crippen molar-refractivity contribution < 1.29 is 61.9 Å². The third kappa shape index (κ3) is 61.2. The molecule has 0 radical (unpaired) electrons. The normalized spacial score (nSPS) is 8.67. The van der Waals surface area contributed by atoms with Gasteiger partial charge in [-0.25, -0.2) is 0 Å². The van der Waals surface area contributed by atoms with E-state index >= 15 is 0 Å². The van der Waals surface area contributed by atoms with E-state index in [1.807, 2.05) is 145 Å². The SMILES string of the molecule is CC.CC.CC.CC.CC.CC.Cc1ccccc1O.I[I-]I.I[I-]I.NCN.NCN.O=Cc1ccccc1O.Oc1ccccc1C=NCN=Cc1ccccc1O.Oc1ccccc1CNCNCc1ccccc1O. The second-order valence-corrected chi connectivity index (χ2v) is 44.7. The van der Waals surface area contributed by atoms with Crippen LogP contribution in [0.15, 0.2) is 156 Å². The summed E-state index contributed by atoms with van der Waals surface area (Å²) in [7, 11) is 0. The van der Waals surface area contributed by atoms with Crippen molar-refractivity contribution in [2.75, 3.05) is 26.7 Å². The van der Waals surface area contributed by atoms with Gasteiger partial charge in [-0.1, -0.05) is 174 Å². The molecule has 0 aliphatic heterocycles. The zero-order chi connectivity index (χ0) is 62.5. The molecule has 0 aliphatic carbocycles. The van der Waals surface area contributed by atoms with Crippen LogP contribution in [0.1, 0.15) is 121 Å².